The SMILES string of the molecule is CCC(=O)N1CCN(CCN2CCC(c3cnc(C(C)C)nc3)CC2)CC1. The molecular weight excluding hydrogens is 338 g/mol. The Labute approximate surface area is 164 Å². The van der Waals surface area contributed by atoms with Crippen molar-refractivity contribution in [2.24, 2.45) is 0 Å². The first-order valence-corrected chi connectivity index (χ1v) is 10.6. The first-order chi connectivity index (χ1) is 13.1. The molecule has 0 unspecified atom stereocenters. The average molecular weight is 374 g/mol. The summed E-state index contributed by atoms with van der Waals surface area (Å²) in [6.07, 6.45) is 7.10. The summed E-state index contributed by atoms with van der Waals surface area (Å²) in [4.78, 5) is 27.9. The van der Waals surface area contributed by atoms with E-state index in [2.05, 4.69) is 33.6 Å². The summed E-state index contributed by atoms with van der Waals surface area (Å²) in [6.45, 7) is 14.6. The van der Waals surface area contributed by atoms with Crippen molar-refractivity contribution in [3.63, 3.8) is 0 Å². The van der Waals surface area contributed by atoms with Crippen LogP contribution in [0, 0.1) is 0 Å². The van der Waals surface area contributed by atoms with Crippen LogP contribution >= 0.6 is 0 Å². The molecule has 27 heavy (non-hydrogen) atoms. The number of hydrogen-bond donors (Lipinski definition) is 0. The molecule has 0 N–H and O–H groups in total. The van der Waals surface area contributed by atoms with E-state index in [0.29, 0.717) is 24.2 Å². The molecule has 0 bridgehead atoms. The van der Waals surface area contributed by atoms with Crippen LogP contribution in [0.1, 0.15) is 63.3 Å². The van der Waals surface area contributed by atoms with E-state index in [1.54, 1.807) is 0 Å². The predicted molar refractivity (Wildman–Crippen MR) is 108 cm³/mol. The van der Waals surface area contributed by atoms with Crippen LogP contribution in [0.3, 0.4) is 0 Å². The van der Waals surface area contributed by atoms with Crippen LogP contribution in [0.5, 0.6) is 0 Å². The van der Waals surface area contributed by atoms with Gasteiger partial charge in [-0.2, -0.15) is 0 Å². The summed E-state index contributed by atoms with van der Waals surface area (Å²) in [6, 6.07) is 0. The van der Waals surface area contributed by atoms with Crippen LogP contribution in [-0.4, -0.2) is 82.9 Å². The van der Waals surface area contributed by atoms with E-state index in [4.69, 9.17) is 0 Å². The Morgan fingerprint density at radius 2 is 1.56 bits per heavy atom. The third kappa shape index (κ3) is 5.48. The molecule has 0 radical (unpaired) electrons. The Morgan fingerprint density at radius 1 is 1.00 bits per heavy atom. The number of carbonyl (C=O) groups excluding carboxylic acids is 1. The number of nitrogens with zero attached hydrogens (tertiary/aromatic N) is 5. The molecule has 0 spiro atoms. The predicted octanol–water partition coefficient (Wildman–Crippen LogP) is 2.33. The monoisotopic (exact) mass is 373 g/mol. The summed E-state index contributed by atoms with van der Waals surface area (Å²) in [7, 11) is 0. The van der Waals surface area contributed by atoms with Crippen molar-refractivity contribution in [2.45, 2.75) is 51.9 Å². The summed E-state index contributed by atoms with van der Waals surface area (Å²) < 4.78 is 0. The largest absolute Gasteiger partial charge is 0.340 e. The minimum Gasteiger partial charge on any atom is -0.340 e. The van der Waals surface area contributed by atoms with Gasteiger partial charge in [0.15, 0.2) is 0 Å². The highest BCUT2D eigenvalue weighted by atomic mass is 16.2. The molecule has 2 aliphatic rings. The van der Waals surface area contributed by atoms with E-state index in [0.717, 1.165) is 58.2 Å². The molecule has 3 heterocycles. The van der Waals surface area contributed by atoms with Crippen molar-refractivity contribution >= 4 is 5.91 Å². The van der Waals surface area contributed by atoms with Crippen molar-refractivity contribution < 1.29 is 4.79 Å². The van der Waals surface area contributed by atoms with E-state index in [-0.39, 0.29) is 0 Å². The molecule has 0 saturated carbocycles. The summed E-state index contributed by atoms with van der Waals surface area (Å²) in [5.74, 6) is 2.23. The van der Waals surface area contributed by atoms with E-state index >= 15 is 0 Å². The maximum atomic E-state index is 11.8. The molecule has 0 atom stereocenters. The average Bonchev–Trinajstić information content (AvgIpc) is 2.72. The zero-order valence-corrected chi connectivity index (χ0v) is 17.2. The fourth-order valence-electron chi connectivity index (χ4n) is 4.07. The highest BCUT2D eigenvalue weighted by Crippen LogP contribution is 2.27. The van der Waals surface area contributed by atoms with Gasteiger partial charge in [0.2, 0.25) is 5.91 Å². The van der Waals surface area contributed by atoms with Crippen LogP contribution < -0.4 is 0 Å². The highest BCUT2D eigenvalue weighted by Gasteiger charge is 2.23. The lowest BCUT2D eigenvalue weighted by molar-refractivity contribution is -0.132. The van der Waals surface area contributed by atoms with Crippen molar-refractivity contribution in [2.75, 3.05) is 52.4 Å². The molecule has 0 aliphatic carbocycles. The second kappa shape index (κ2) is 9.60. The molecule has 2 aliphatic heterocycles. The second-order valence-electron chi connectivity index (χ2n) is 8.22. The van der Waals surface area contributed by atoms with E-state index in [1.165, 1.54) is 18.4 Å². The van der Waals surface area contributed by atoms with Gasteiger partial charge < -0.3 is 9.80 Å². The topological polar surface area (TPSA) is 52.6 Å². The second-order valence-corrected chi connectivity index (χ2v) is 8.22. The highest BCUT2D eigenvalue weighted by molar-refractivity contribution is 5.75. The van der Waals surface area contributed by atoms with E-state index < -0.39 is 0 Å². The quantitative estimate of drug-likeness (QED) is 0.766. The first kappa shape index (κ1) is 20.2. The van der Waals surface area contributed by atoms with Crippen LogP contribution in [0.25, 0.3) is 0 Å². The van der Waals surface area contributed by atoms with Gasteiger partial charge in [-0.3, -0.25) is 9.69 Å². The Kier molecular flexibility index (Phi) is 7.19. The molecule has 6 nitrogen and oxygen atoms in total. The van der Waals surface area contributed by atoms with Gasteiger partial charge in [-0.15, -0.1) is 0 Å². The standard InChI is InChI=1S/C21H35N5O/c1-4-20(27)26-13-11-25(12-14-26)10-9-24-7-5-18(6-8-24)19-15-22-21(17(2)3)23-16-19/h15-18H,4-14H2,1-3H3. The van der Waals surface area contributed by atoms with Crippen molar-refractivity contribution in [3.8, 4) is 0 Å². The molecule has 150 valence electrons. The smallest absolute Gasteiger partial charge is 0.222 e. The van der Waals surface area contributed by atoms with E-state index in [9.17, 15) is 4.79 Å². The van der Waals surface area contributed by atoms with Crippen molar-refractivity contribution in [1.29, 1.82) is 0 Å². The van der Waals surface area contributed by atoms with Gasteiger partial charge in [0.25, 0.3) is 0 Å². The number of rotatable bonds is 6. The number of carbonyl (C=O) groups is 1. The lowest BCUT2D eigenvalue weighted by atomic mass is 9.91. The fourth-order valence-corrected chi connectivity index (χ4v) is 4.07. The Bertz CT molecular complexity index is 587. The molecule has 2 saturated heterocycles. The van der Waals surface area contributed by atoms with Gasteiger partial charge in [-0.05, 0) is 37.4 Å². The molecule has 0 aromatic carbocycles. The number of piperazine rings is 1. The molecule has 1 aromatic heterocycles. The Hall–Kier alpha value is -1.53. The molecule has 1 aromatic rings. The molecule has 1 amide bonds. The zero-order chi connectivity index (χ0) is 19.2. The summed E-state index contributed by atoms with van der Waals surface area (Å²) in [5.41, 5.74) is 1.30. The Balaban J connectivity index is 1.37. The summed E-state index contributed by atoms with van der Waals surface area (Å²) in [5, 5.41) is 0. The van der Waals surface area contributed by atoms with Crippen LogP contribution in [-0.2, 0) is 4.79 Å². The third-order valence-corrected chi connectivity index (χ3v) is 6.03. The normalized spacial score (nSPS) is 20.4. The maximum absolute atomic E-state index is 11.8. The maximum Gasteiger partial charge on any atom is 0.222 e. The van der Waals surface area contributed by atoms with Gasteiger partial charge in [0, 0.05) is 64.0 Å². The lowest BCUT2D eigenvalue weighted by Gasteiger charge is -2.37. The van der Waals surface area contributed by atoms with Crippen molar-refractivity contribution in [1.82, 2.24) is 24.7 Å². The lowest BCUT2D eigenvalue weighted by Crippen LogP contribution is -2.50. The van der Waals surface area contributed by atoms with Gasteiger partial charge >= 0.3 is 0 Å². The Morgan fingerprint density at radius 3 is 2.07 bits per heavy atom. The minimum absolute atomic E-state index is 0.294. The summed E-state index contributed by atoms with van der Waals surface area (Å²) >= 11 is 0. The number of piperidine rings is 1. The molecular formula is C21H35N5O. The number of amides is 1. The minimum atomic E-state index is 0.294. The third-order valence-electron chi connectivity index (χ3n) is 6.03. The molecule has 2 fully saturated rings. The van der Waals surface area contributed by atoms with Gasteiger partial charge in [-0.25, -0.2) is 9.97 Å². The number of aromatic nitrogens is 2. The zero-order valence-electron chi connectivity index (χ0n) is 17.2. The van der Waals surface area contributed by atoms with E-state index in [1.807, 2.05) is 24.2 Å². The molecule has 3 rings (SSSR count). The van der Waals surface area contributed by atoms with Crippen LogP contribution in [0.4, 0.5) is 0 Å². The number of hydrogen-bond acceptors (Lipinski definition) is 5. The first-order valence-electron chi connectivity index (χ1n) is 10.6. The van der Waals surface area contributed by atoms with Gasteiger partial charge in [0.05, 0.1) is 0 Å². The van der Waals surface area contributed by atoms with Gasteiger partial charge in [0.1, 0.15) is 5.82 Å². The van der Waals surface area contributed by atoms with Gasteiger partial charge in [-0.1, -0.05) is 20.8 Å². The number of likely N-dealkylation sites (tertiary alicyclic amines) is 1. The van der Waals surface area contributed by atoms with Crippen molar-refractivity contribution in [3.05, 3.63) is 23.8 Å². The fraction of sp³-hybridized carbons (Fsp3) is 0.762. The van der Waals surface area contributed by atoms with Crippen LogP contribution in [0.15, 0.2) is 12.4 Å². The molecule has 6 heteroatoms. The van der Waals surface area contributed by atoms with Crippen LogP contribution in [0.2, 0.25) is 0 Å².